The van der Waals surface area contributed by atoms with Gasteiger partial charge in [0.1, 0.15) is 0 Å². The Kier molecular flexibility index (Phi) is 7.77. The number of carbonyl (C=O) groups is 1. The van der Waals surface area contributed by atoms with Gasteiger partial charge in [0.25, 0.3) is 5.56 Å². The summed E-state index contributed by atoms with van der Waals surface area (Å²) >= 11 is 13.3. The topological polar surface area (TPSA) is 73.2 Å². The molecule has 3 aromatic rings. The lowest BCUT2D eigenvalue weighted by Crippen LogP contribution is -2.27. The van der Waals surface area contributed by atoms with Crippen molar-refractivity contribution >= 4 is 57.5 Å². The van der Waals surface area contributed by atoms with Gasteiger partial charge in [0, 0.05) is 25.3 Å². The lowest BCUT2D eigenvalue weighted by molar-refractivity contribution is -0.115. The number of amides is 1. The van der Waals surface area contributed by atoms with E-state index in [1.54, 1.807) is 48.9 Å². The monoisotopic (exact) mass is 465 g/mol. The van der Waals surface area contributed by atoms with Crippen LogP contribution in [-0.4, -0.2) is 34.4 Å². The van der Waals surface area contributed by atoms with Crippen LogP contribution in [0.15, 0.2) is 52.4 Å². The largest absolute Gasteiger partial charge is 0.385 e. The number of ether oxygens (including phenoxy) is 1. The lowest BCUT2D eigenvalue weighted by Gasteiger charge is -2.16. The molecule has 0 aliphatic carbocycles. The molecule has 1 amide bonds. The molecule has 0 aliphatic rings. The number of halogens is 2. The van der Waals surface area contributed by atoms with E-state index in [0.29, 0.717) is 51.4 Å². The van der Waals surface area contributed by atoms with Gasteiger partial charge >= 0.3 is 0 Å². The minimum atomic E-state index is -0.515. The first-order chi connectivity index (χ1) is 14.4. The number of aromatic nitrogens is 2. The van der Waals surface area contributed by atoms with E-state index in [9.17, 15) is 9.59 Å². The van der Waals surface area contributed by atoms with Crippen molar-refractivity contribution in [3.63, 3.8) is 0 Å². The molecule has 9 heteroatoms. The van der Waals surface area contributed by atoms with Gasteiger partial charge in [0.15, 0.2) is 5.16 Å². The molecule has 0 bridgehead atoms. The first-order valence-electron chi connectivity index (χ1n) is 9.32. The van der Waals surface area contributed by atoms with Crippen LogP contribution in [0.2, 0.25) is 10.0 Å². The number of anilines is 1. The maximum Gasteiger partial charge on any atom is 0.262 e. The average molecular weight is 466 g/mol. The molecule has 0 spiro atoms. The number of carbonyl (C=O) groups excluding carboxylic acids is 1. The van der Waals surface area contributed by atoms with Crippen LogP contribution in [0.25, 0.3) is 10.9 Å². The molecule has 1 atom stereocenters. The summed E-state index contributed by atoms with van der Waals surface area (Å²) in [5.41, 5.74) is 0.941. The average Bonchev–Trinajstić information content (AvgIpc) is 2.72. The fourth-order valence-corrected chi connectivity index (χ4v) is 4.23. The molecule has 1 N–H and O–H groups in total. The molecule has 3 rings (SSSR count). The van der Waals surface area contributed by atoms with E-state index in [-0.39, 0.29) is 11.5 Å². The molecule has 2 aromatic carbocycles. The second-order valence-corrected chi connectivity index (χ2v) is 8.74. The molecular weight excluding hydrogens is 445 g/mol. The van der Waals surface area contributed by atoms with Crippen molar-refractivity contribution in [2.45, 2.75) is 30.3 Å². The highest BCUT2D eigenvalue weighted by Gasteiger charge is 2.20. The molecule has 0 aliphatic heterocycles. The molecule has 1 heterocycles. The molecule has 1 aromatic heterocycles. The number of nitrogens with one attached hydrogen (secondary N) is 1. The molecule has 6 nitrogen and oxygen atoms in total. The molecule has 1 unspecified atom stereocenters. The predicted octanol–water partition coefficient (Wildman–Crippen LogP) is 4.86. The highest BCUT2D eigenvalue weighted by atomic mass is 35.5. The minimum absolute atomic E-state index is 0.132. The zero-order chi connectivity index (χ0) is 21.7. The van der Waals surface area contributed by atoms with Gasteiger partial charge in [-0.1, -0.05) is 47.1 Å². The Morgan fingerprint density at radius 1 is 1.27 bits per heavy atom. The standard InChI is InChI=1S/C21H21Cl2N3O3S/c1-13(19(27)24-18-9-8-14(22)12-16(18)23)30-21-25-17-7-4-3-6-15(17)20(28)26(21)10-5-11-29-2/h3-4,6-9,12-13H,5,10-11H2,1-2H3,(H,24,27). The third kappa shape index (κ3) is 5.35. The molecule has 30 heavy (non-hydrogen) atoms. The van der Waals surface area contributed by atoms with Crippen molar-refractivity contribution in [1.29, 1.82) is 0 Å². The Hall–Kier alpha value is -2.06. The van der Waals surface area contributed by atoms with Gasteiger partial charge in [-0.25, -0.2) is 4.98 Å². The number of nitrogens with zero attached hydrogens (tertiary/aromatic N) is 2. The van der Waals surface area contributed by atoms with Crippen molar-refractivity contribution in [3.8, 4) is 0 Å². The van der Waals surface area contributed by atoms with Crippen molar-refractivity contribution < 1.29 is 9.53 Å². The van der Waals surface area contributed by atoms with E-state index in [0.717, 1.165) is 0 Å². The van der Waals surface area contributed by atoms with Crippen LogP contribution in [0.3, 0.4) is 0 Å². The SMILES string of the molecule is COCCCn1c(SC(C)C(=O)Nc2ccc(Cl)cc2Cl)nc2ccccc2c1=O. The van der Waals surface area contributed by atoms with Crippen LogP contribution < -0.4 is 10.9 Å². The second kappa shape index (κ2) is 10.3. The number of benzene rings is 2. The van der Waals surface area contributed by atoms with Crippen LogP contribution in [0.1, 0.15) is 13.3 Å². The molecule has 0 saturated carbocycles. The summed E-state index contributed by atoms with van der Waals surface area (Å²) in [6.45, 7) is 2.73. The third-order valence-corrected chi connectivity index (χ3v) is 6.04. The summed E-state index contributed by atoms with van der Waals surface area (Å²) in [4.78, 5) is 30.4. The van der Waals surface area contributed by atoms with Crippen molar-refractivity contribution in [2.24, 2.45) is 0 Å². The van der Waals surface area contributed by atoms with E-state index in [1.807, 2.05) is 12.1 Å². The van der Waals surface area contributed by atoms with E-state index >= 15 is 0 Å². The fourth-order valence-electron chi connectivity index (χ4n) is 2.84. The molecule has 158 valence electrons. The highest BCUT2D eigenvalue weighted by molar-refractivity contribution is 8.00. The number of hydrogen-bond acceptors (Lipinski definition) is 5. The fraction of sp³-hybridized carbons (Fsp3) is 0.286. The van der Waals surface area contributed by atoms with Crippen molar-refractivity contribution in [2.75, 3.05) is 19.0 Å². The molecular formula is C21H21Cl2N3O3S. The minimum Gasteiger partial charge on any atom is -0.385 e. The van der Waals surface area contributed by atoms with Crippen LogP contribution in [0.5, 0.6) is 0 Å². The summed E-state index contributed by atoms with van der Waals surface area (Å²) in [5.74, 6) is -0.255. The van der Waals surface area contributed by atoms with Crippen LogP contribution in [-0.2, 0) is 16.1 Å². The number of thioether (sulfide) groups is 1. The number of rotatable bonds is 8. The Morgan fingerprint density at radius 2 is 2.03 bits per heavy atom. The summed E-state index contributed by atoms with van der Waals surface area (Å²) < 4.78 is 6.71. The number of fused-ring (bicyclic) bond motifs is 1. The Balaban J connectivity index is 1.86. The molecule has 0 fully saturated rings. The zero-order valence-corrected chi connectivity index (χ0v) is 18.9. The Bertz CT molecular complexity index is 1120. The zero-order valence-electron chi connectivity index (χ0n) is 16.5. The first kappa shape index (κ1) is 22.6. The smallest absolute Gasteiger partial charge is 0.262 e. The van der Waals surface area contributed by atoms with Crippen molar-refractivity contribution in [3.05, 3.63) is 62.9 Å². The van der Waals surface area contributed by atoms with E-state index in [2.05, 4.69) is 10.3 Å². The van der Waals surface area contributed by atoms with Gasteiger partial charge in [-0.15, -0.1) is 0 Å². The van der Waals surface area contributed by atoms with Crippen LogP contribution in [0, 0.1) is 0 Å². The van der Waals surface area contributed by atoms with Gasteiger partial charge in [-0.05, 0) is 43.7 Å². The van der Waals surface area contributed by atoms with E-state index in [1.165, 1.54) is 11.8 Å². The molecule has 0 saturated heterocycles. The number of para-hydroxylation sites is 1. The van der Waals surface area contributed by atoms with Gasteiger partial charge in [0.05, 0.1) is 26.9 Å². The Morgan fingerprint density at radius 3 is 2.77 bits per heavy atom. The Labute approximate surface area is 188 Å². The lowest BCUT2D eigenvalue weighted by atomic mass is 10.2. The summed E-state index contributed by atoms with van der Waals surface area (Å²) in [6, 6.07) is 12.0. The highest BCUT2D eigenvalue weighted by Crippen LogP contribution is 2.28. The summed E-state index contributed by atoms with van der Waals surface area (Å²) in [7, 11) is 1.62. The normalized spacial score (nSPS) is 12.1. The van der Waals surface area contributed by atoms with Gasteiger partial charge in [-0.2, -0.15) is 0 Å². The number of hydrogen-bond donors (Lipinski definition) is 1. The second-order valence-electron chi connectivity index (χ2n) is 6.59. The van der Waals surface area contributed by atoms with Crippen LogP contribution >= 0.6 is 35.0 Å². The maximum absolute atomic E-state index is 13.0. The van der Waals surface area contributed by atoms with Gasteiger partial charge in [-0.3, -0.25) is 14.2 Å². The number of methoxy groups -OCH3 is 1. The van der Waals surface area contributed by atoms with E-state index in [4.69, 9.17) is 27.9 Å². The molecule has 0 radical (unpaired) electrons. The van der Waals surface area contributed by atoms with E-state index < -0.39 is 5.25 Å². The summed E-state index contributed by atoms with van der Waals surface area (Å²) in [5, 5.41) is 4.15. The quantitative estimate of drug-likeness (QED) is 0.292. The summed E-state index contributed by atoms with van der Waals surface area (Å²) in [6.07, 6.45) is 0.658. The van der Waals surface area contributed by atoms with Gasteiger partial charge in [0.2, 0.25) is 5.91 Å². The maximum atomic E-state index is 13.0. The van der Waals surface area contributed by atoms with Gasteiger partial charge < -0.3 is 10.1 Å². The predicted molar refractivity (Wildman–Crippen MR) is 123 cm³/mol. The van der Waals surface area contributed by atoms with Crippen molar-refractivity contribution in [1.82, 2.24) is 9.55 Å². The first-order valence-corrected chi connectivity index (χ1v) is 11.0. The van der Waals surface area contributed by atoms with Crippen LogP contribution in [0.4, 0.5) is 5.69 Å². The third-order valence-electron chi connectivity index (χ3n) is 4.40.